The summed E-state index contributed by atoms with van der Waals surface area (Å²) in [6, 6.07) is 1.41. The van der Waals surface area contributed by atoms with Crippen molar-refractivity contribution in [2.75, 3.05) is 19.5 Å². The van der Waals surface area contributed by atoms with Crippen LogP contribution in [0.3, 0.4) is 0 Å². The number of rotatable bonds is 9. The van der Waals surface area contributed by atoms with E-state index in [4.69, 9.17) is 4.74 Å². The van der Waals surface area contributed by atoms with Crippen LogP contribution in [0.4, 0.5) is 0 Å². The van der Waals surface area contributed by atoms with E-state index in [9.17, 15) is 13.8 Å². The van der Waals surface area contributed by atoms with Gasteiger partial charge in [0.2, 0.25) is 5.43 Å². The molecule has 7 heteroatoms. The number of aromatic amines is 1. The fourth-order valence-electron chi connectivity index (χ4n) is 1.63. The van der Waals surface area contributed by atoms with Gasteiger partial charge in [0.15, 0.2) is 5.75 Å². The average Bonchev–Trinajstić information content (AvgIpc) is 2.46. The number of carbonyl (C=O) groups is 1. The number of hydrogen-bond acceptors (Lipinski definition) is 5. The average molecular weight is 315 g/mol. The summed E-state index contributed by atoms with van der Waals surface area (Å²) in [4.78, 5) is 25.6. The number of esters is 1. The van der Waals surface area contributed by atoms with Crippen molar-refractivity contribution in [3.63, 3.8) is 0 Å². The Balaban J connectivity index is 2.47. The maximum Gasteiger partial charge on any atom is 0.305 e. The zero-order valence-electron chi connectivity index (χ0n) is 12.3. The van der Waals surface area contributed by atoms with Crippen LogP contribution in [0.25, 0.3) is 0 Å². The Bertz CT molecular complexity index is 540. The van der Waals surface area contributed by atoms with E-state index in [1.54, 1.807) is 0 Å². The topological polar surface area (TPSA) is 85.5 Å². The highest BCUT2D eigenvalue weighted by molar-refractivity contribution is 7.84. The van der Waals surface area contributed by atoms with Gasteiger partial charge in [-0.3, -0.25) is 13.8 Å². The Hall–Kier alpha value is -1.63. The van der Waals surface area contributed by atoms with Gasteiger partial charge in [-0.1, -0.05) is 6.92 Å². The van der Waals surface area contributed by atoms with E-state index in [1.165, 1.54) is 19.4 Å². The first kappa shape index (κ1) is 17.4. The number of methoxy groups -OCH3 is 1. The van der Waals surface area contributed by atoms with Gasteiger partial charge in [-0.15, -0.1) is 0 Å². The third-order valence-corrected chi connectivity index (χ3v) is 4.07. The molecule has 1 aromatic rings. The molecule has 0 saturated heterocycles. The zero-order valence-corrected chi connectivity index (χ0v) is 13.2. The molecule has 1 heterocycles. The number of hydrogen-bond donors (Lipinski definition) is 1. The molecule has 1 aromatic heterocycles. The highest BCUT2D eigenvalue weighted by atomic mass is 32.2. The summed E-state index contributed by atoms with van der Waals surface area (Å²) < 4.78 is 21.6. The van der Waals surface area contributed by atoms with Crippen LogP contribution in [-0.4, -0.2) is 34.6 Å². The fourth-order valence-corrected chi connectivity index (χ4v) is 2.76. The van der Waals surface area contributed by atoms with E-state index in [1.807, 2.05) is 6.92 Å². The normalized spacial score (nSPS) is 11.9. The monoisotopic (exact) mass is 315 g/mol. The van der Waals surface area contributed by atoms with Gasteiger partial charge in [0.05, 0.1) is 19.5 Å². The second kappa shape index (κ2) is 9.33. The van der Waals surface area contributed by atoms with Crippen molar-refractivity contribution in [2.45, 2.75) is 31.9 Å². The van der Waals surface area contributed by atoms with Crippen LogP contribution < -0.4 is 10.2 Å². The second-order valence-electron chi connectivity index (χ2n) is 4.50. The Labute approximate surface area is 126 Å². The summed E-state index contributed by atoms with van der Waals surface area (Å²) in [7, 11) is 0.197. The first-order valence-corrected chi connectivity index (χ1v) is 8.31. The molecule has 0 amide bonds. The molecule has 1 N–H and O–H groups in total. The fraction of sp³-hybridized carbons (Fsp3) is 0.571. The predicted octanol–water partition coefficient (Wildman–Crippen LogP) is 1.37. The quantitative estimate of drug-likeness (QED) is 0.696. The van der Waals surface area contributed by atoms with Crippen LogP contribution in [0.15, 0.2) is 17.1 Å². The lowest BCUT2D eigenvalue weighted by Gasteiger charge is -2.06. The van der Waals surface area contributed by atoms with Crippen molar-refractivity contribution >= 4 is 16.8 Å². The van der Waals surface area contributed by atoms with Gasteiger partial charge < -0.3 is 14.5 Å². The summed E-state index contributed by atoms with van der Waals surface area (Å²) in [5.74, 6) is 0.616. The molecule has 0 aromatic carbocycles. The molecule has 1 rings (SSSR count). The number of carbonyl (C=O) groups excluding carboxylic acids is 1. The minimum atomic E-state index is -1.13. The van der Waals surface area contributed by atoms with Crippen LogP contribution in [0, 0.1) is 0 Å². The van der Waals surface area contributed by atoms with E-state index in [-0.39, 0.29) is 29.3 Å². The lowest BCUT2D eigenvalue weighted by Crippen LogP contribution is -2.12. The largest absolute Gasteiger partial charge is 0.488 e. The predicted molar refractivity (Wildman–Crippen MR) is 80.8 cm³/mol. The lowest BCUT2D eigenvalue weighted by molar-refractivity contribution is -0.140. The van der Waals surface area contributed by atoms with E-state index in [0.717, 1.165) is 6.42 Å². The molecule has 0 spiro atoms. The van der Waals surface area contributed by atoms with Gasteiger partial charge in [0, 0.05) is 40.9 Å². The van der Waals surface area contributed by atoms with Crippen molar-refractivity contribution in [1.82, 2.24) is 4.98 Å². The lowest BCUT2D eigenvalue weighted by atomic mass is 10.3. The van der Waals surface area contributed by atoms with Crippen molar-refractivity contribution in [1.29, 1.82) is 0 Å². The molecule has 1 atom stereocenters. The number of nitrogens with one attached hydrogen (secondary N) is 1. The highest BCUT2D eigenvalue weighted by Gasteiger charge is 2.07. The minimum Gasteiger partial charge on any atom is -0.488 e. The summed E-state index contributed by atoms with van der Waals surface area (Å²) in [6.07, 6.45) is 3.08. The van der Waals surface area contributed by atoms with Crippen molar-refractivity contribution in [3.05, 3.63) is 28.2 Å². The molecule has 0 aliphatic carbocycles. The maximum atomic E-state index is 11.9. The molecule has 6 nitrogen and oxygen atoms in total. The highest BCUT2D eigenvalue weighted by Crippen LogP contribution is 2.06. The van der Waals surface area contributed by atoms with Crippen LogP contribution in [0.2, 0.25) is 0 Å². The number of ether oxygens (including phenoxy) is 2. The number of H-pyrrole nitrogens is 1. The van der Waals surface area contributed by atoms with E-state index >= 15 is 0 Å². The van der Waals surface area contributed by atoms with Crippen LogP contribution >= 0.6 is 0 Å². The Morgan fingerprint density at radius 1 is 1.43 bits per heavy atom. The van der Waals surface area contributed by atoms with E-state index in [2.05, 4.69) is 9.72 Å². The molecular formula is C14H21NO5S. The minimum absolute atomic E-state index is 0.219. The maximum absolute atomic E-state index is 11.9. The van der Waals surface area contributed by atoms with Crippen molar-refractivity contribution in [3.8, 4) is 5.75 Å². The van der Waals surface area contributed by atoms with Gasteiger partial charge in [0.25, 0.3) is 0 Å². The smallest absolute Gasteiger partial charge is 0.305 e. The Morgan fingerprint density at radius 3 is 2.81 bits per heavy atom. The summed E-state index contributed by atoms with van der Waals surface area (Å²) >= 11 is 0. The first-order valence-electron chi connectivity index (χ1n) is 6.83. The molecule has 0 aliphatic rings. The number of pyridine rings is 1. The third-order valence-electron chi connectivity index (χ3n) is 2.70. The molecule has 118 valence electrons. The standard InChI is InChI=1S/C14H21NO5S/c1-3-6-20-13-9-15-11(8-12(13)16)10-21(18)7-4-5-14(17)19-2/h8-9H,3-7,10H2,1-2H3,(H,15,16). The van der Waals surface area contributed by atoms with E-state index in [0.29, 0.717) is 24.5 Å². The molecule has 0 aliphatic heterocycles. The molecular weight excluding hydrogens is 294 g/mol. The van der Waals surface area contributed by atoms with Crippen molar-refractivity contribution < 1.29 is 18.5 Å². The third kappa shape index (κ3) is 6.57. The van der Waals surface area contributed by atoms with Gasteiger partial charge in [-0.05, 0) is 12.8 Å². The molecule has 1 unspecified atom stereocenters. The number of aromatic nitrogens is 1. The summed E-state index contributed by atoms with van der Waals surface area (Å²) in [5, 5.41) is 0. The molecule has 0 fully saturated rings. The van der Waals surface area contributed by atoms with Crippen LogP contribution in [0.5, 0.6) is 5.75 Å². The second-order valence-corrected chi connectivity index (χ2v) is 6.08. The molecule has 21 heavy (non-hydrogen) atoms. The molecule has 0 radical (unpaired) electrons. The Morgan fingerprint density at radius 2 is 2.19 bits per heavy atom. The summed E-state index contributed by atoms with van der Waals surface area (Å²) in [6.45, 7) is 2.45. The van der Waals surface area contributed by atoms with Crippen molar-refractivity contribution in [2.24, 2.45) is 0 Å². The van der Waals surface area contributed by atoms with E-state index < -0.39 is 10.8 Å². The van der Waals surface area contributed by atoms with Crippen LogP contribution in [-0.2, 0) is 26.1 Å². The van der Waals surface area contributed by atoms with Crippen LogP contribution in [0.1, 0.15) is 31.9 Å². The molecule has 0 bridgehead atoms. The Kier molecular flexibility index (Phi) is 7.74. The van der Waals surface area contributed by atoms with Gasteiger partial charge >= 0.3 is 5.97 Å². The van der Waals surface area contributed by atoms with Gasteiger partial charge in [-0.2, -0.15) is 0 Å². The van der Waals surface area contributed by atoms with Gasteiger partial charge in [0.1, 0.15) is 0 Å². The summed E-state index contributed by atoms with van der Waals surface area (Å²) in [5.41, 5.74) is 0.379. The first-order chi connectivity index (χ1) is 10.1. The van der Waals surface area contributed by atoms with Gasteiger partial charge in [-0.25, -0.2) is 0 Å². The zero-order chi connectivity index (χ0) is 15.7. The SMILES string of the molecule is CCCOc1c[nH]c(CS(=O)CCCC(=O)OC)cc1=O. The molecule has 0 saturated carbocycles.